The van der Waals surface area contributed by atoms with Gasteiger partial charge >= 0.3 is 0 Å². The minimum atomic E-state index is 0.520. The molecular weight excluding hydrogens is 156 g/mol. The Bertz CT molecular complexity index is 347. The zero-order valence-electron chi connectivity index (χ0n) is 6.28. The van der Waals surface area contributed by atoms with Crippen molar-refractivity contribution in [2.45, 2.75) is 0 Å². The molecule has 0 spiro atoms. The summed E-state index contributed by atoms with van der Waals surface area (Å²) in [6.45, 7) is 0. The summed E-state index contributed by atoms with van der Waals surface area (Å²) in [5.74, 6) is 0.587. The van der Waals surface area contributed by atoms with E-state index < -0.39 is 0 Å². The molecule has 0 fully saturated rings. The van der Waals surface area contributed by atoms with Crippen molar-refractivity contribution in [1.82, 2.24) is 0 Å². The van der Waals surface area contributed by atoms with Crippen LogP contribution in [0, 0.1) is 0 Å². The molecular formula is C8H8N2O2. The Hall–Kier alpha value is -1.84. The van der Waals surface area contributed by atoms with Crippen molar-refractivity contribution in [1.29, 1.82) is 0 Å². The summed E-state index contributed by atoms with van der Waals surface area (Å²) in [6.07, 6.45) is 3.13. The molecule has 2 rings (SSSR count). The highest BCUT2D eigenvalue weighted by Gasteiger charge is 2.11. The van der Waals surface area contributed by atoms with Crippen LogP contribution in [-0.4, -0.2) is 0 Å². The predicted molar refractivity (Wildman–Crippen MR) is 46.0 cm³/mol. The Kier molecular flexibility index (Phi) is 1.33. The van der Waals surface area contributed by atoms with Crippen LogP contribution in [0.4, 0.5) is 11.4 Å². The number of anilines is 2. The van der Waals surface area contributed by atoms with Crippen molar-refractivity contribution in [3.8, 4) is 5.75 Å². The lowest BCUT2D eigenvalue weighted by Crippen LogP contribution is -2.03. The molecule has 0 saturated carbocycles. The summed E-state index contributed by atoms with van der Waals surface area (Å²) in [5.41, 5.74) is 13.1. The molecule has 1 aliphatic heterocycles. The monoisotopic (exact) mass is 164 g/mol. The summed E-state index contributed by atoms with van der Waals surface area (Å²) in [4.78, 5) is 9.45. The van der Waals surface area contributed by atoms with Gasteiger partial charge in [-0.15, -0.1) is 0 Å². The highest BCUT2D eigenvalue weighted by Crippen LogP contribution is 2.32. The van der Waals surface area contributed by atoms with Gasteiger partial charge in [0.15, 0.2) is 5.75 Å². The lowest BCUT2D eigenvalue weighted by molar-refractivity contribution is -0.151. The molecule has 0 radical (unpaired) electrons. The lowest BCUT2D eigenvalue weighted by Gasteiger charge is -2.13. The molecule has 4 heteroatoms. The molecule has 0 amide bonds. The van der Waals surface area contributed by atoms with E-state index in [2.05, 4.69) is 4.89 Å². The zero-order valence-corrected chi connectivity index (χ0v) is 6.28. The first-order valence-corrected chi connectivity index (χ1v) is 3.47. The Morgan fingerprint density at radius 3 is 2.83 bits per heavy atom. The first-order valence-electron chi connectivity index (χ1n) is 3.47. The summed E-state index contributed by atoms with van der Waals surface area (Å²) in [5, 5.41) is 0. The summed E-state index contributed by atoms with van der Waals surface area (Å²) in [7, 11) is 0. The number of hydrogen-bond acceptors (Lipinski definition) is 4. The van der Waals surface area contributed by atoms with Gasteiger partial charge in [0.05, 0.1) is 16.9 Å². The largest absolute Gasteiger partial charge is 0.397 e. The van der Waals surface area contributed by atoms with Gasteiger partial charge in [0.2, 0.25) is 0 Å². The second-order valence-corrected chi connectivity index (χ2v) is 2.46. The highest BCUT2D eigenvalue weighted by molar-refractivity contribution is 5.79. The maximum Gasteiger partial charge on any atom is 0.188 e. The normalized spacial score (nSPS) is 13.0. The number of fused-ring (bicyclic) bond motifs is 1. The lowest BCUT2D eigenvalue weighted by atomic mass is 10.1. The van der Waals surface area contributed by atoms with Crippen LogP contribution in [0.25, 0.3) is 6.08 Å². The van der Waals surface area contributed by atoms with E-state index in [0.29, 0.717) is 17.1 Å². The molecule has 1 aliphatic rings. The minimum absolute atomic E-state index is 0.520. The van der Waals surface area contributed by atoms with Crippen LogP contribution >= 0.6 is 0 Å². The van der Waals surface area contributed by atoms with Crippen molar-refractivity contribution in [3.63, 3.8) is 0 Å². The molecule has 1 heterocycles. The molecule has 0 saturated heterocycles. The van der Waals surface area contributed by atoms with Crippen LogP contribution in [0.5, 0.6) is 5.75 Å². The standard InChI is InChI=1S/C8H8N2O2/c9-6-1-2-7-5(8(6)10)3-4-11-12-7/h1-4H,9-10H2. The summed E-state index contributed by atoms with van der Waals surface area (Å²) in [6, 6.07) is 3.39. The quantitative estimate of drug-likeness (QED) is 0.445. The molecule has 4 nitrogen and oxygen atoms in total. The van der Waals surface area contributed by atoms with Crippen LogP contribution in [0.15, 0.2) is 18.4 Å². The molecule has 0 atom stereocenters. The zero-order chi connectivity index (χ0) is 8.55. The van der Waals surface area contributed by atoms with Crippen LogP contribution in [-0.2, 0) is 4.89 Å². The fourth-order valence-electron chi connectivity index (χ4n) is 1.05. The van der Waals surface area contributed by atoms with E-state index in [1.54, 1.807) is 18.2 Å². The van der Waals surface area contributed by atoms with Crippen LogP contribution < -0.4 is 16.4 Å². The van der Waals surface area contributed by atoms with Gasteiger partial charge in [0, 0.05) is 0 Å². The van der Waals surface area contributed by atoms with Crippen LogP contribution in [0.2, 0.25) is 0 Å². The van der Waals surface area contributed by atoms with Gasteiger partial charge in [-0.1, -0.05) is 0 Å². The molecule has 0 aromatic heterocycles. The highest BCUT2D eigenvalue weighted by atomic mass is 17.2. The van der Waals surface area contributed by atoms with Crippen LogP contribution in [0.3, 0.4) is 0 Å². The van der Waals surface area contributed by atoms with Gasteiger partial charge in [0.1, 0.15) is 6.26 Å². The molecule has 0 unspecified atom stereocenters. The molecule has 0 bridgehead atoms. The average molecular weight is 164 g/mol. The third-order valence-electron chi connectivity index (χ3n) is 1.71. The molecule has 1 aromatic carbocycles. The Morgan fingerprint density at radius 2 is 2.00 bits per heavy atom. The molecule has 1 aromatic rings. The molecule has 4 N–H and O–H groups in total. The van der Waals surface area contributed by atoms with E-state index >= 15 is 0 Å². The second kappa shape index (κ2) is 2.34. The predicted octanol–water partition coefficient (Wildman–Crippen LogP) is 1.15. The van der Waals surface area contributed by atoms with Gasteiger partial charge in [-0.25, -0.2) is 0 Å². The number of benzene rings is 1. The molecule has 12 heavy (non-hydrogen) atoms. The second-order valence-electron chi connectivity index (χ2n) is 2.46. The van der Waals surface area contributed by atoms with Gasteiger partial charge in [-0.2, -0.15) is 0 Å². The Balaban J connectivity index is 2.64. The van der Waals surface area contributed by atoms with E-state index in [0.717, 1.165) is 5.56 Å². The summed E-state index contributed by atoms with van der Waals surface area (Å²) < 4.78 is 0. The maximum atomic E-state index is 5.69. The van der Waals surface area contributed by atoms with E-state index in [1.165, 1.54) is 6.26 Å². The first kappa shape index (κ1) is 6.84. The number of nitrogen functional groups attached to an aromatic ring is 2. The first-order chi connectivity index (χ1) is 5.79. The van der Waals surface area contributed by atoms with Crippen molar-refractivity contribution < 1.29 is 9.78 Å². The number of rotatable bonds is 0. The molecule has 0 aliphatic carbocycles. The van der Waals surface area contributed by atoms with Gasteiger partial charge in [0.25, 0.3) is 0 Å². The van der Waals surface area contributed by atoms with Crippen molar-refractivity contribution in [2.75, 3.05) is 11.5 Å². The fourth-order valence-corrected chi connectivity index (χ4v) is 1.05. The average Bonchev–Trinajstić information content (AvgIpc) is 2.12. The summed E-state index contributed by atoms with van der Waals surface area (Å²) >= 11 is 0. The SMILES string of the molecule is Nc1ccc2c(c1N)C=COO2. The van der Waals surface area contributed by atoms with Gasteiger partial charge < -0.3 is 11.5 Å². The topological polar surface area (TPSA) is 70.5 Å². The van der Waals surface area contributed by atoms with Crippen molar-refractivity contribution in [2.24, 2.45) is 0 Å². The van der Waals surface area contributed by atoms with E-state index in [-0.39, 0.29) is 0 Å². The van der Waals surface area contributed by atoms with E-state index in [9.17, 15) is 0 Å². The van der Waals surface area contributed by atoms with Crippen molar-refractivity contribution >= 4 is 17.5 Å². The van der Waals surface area contributed by atoms with Crippen molar-refractivity contribution in [3.05, 3.63) is 24.0 Å². The molecule has 62 valence electrons. The van der Waals surface area contributed by atoms with E-state index in [4.69, 9.17) is 16.4 Å². The minimum Gasteiger partial charge on any atom is -0.397 e. The number of nitrogens with two attached hydrogens (primary N) is 2. The third-order valence-corrected chi connectivity index (χ3v) is 1.71. The fraction of sp³-hybridized carbons (Fsp3) is 0. The maximum absolute atomic E-state index is 5.69. The van der Waals surface area contributed by atoms with Gasteiger partial charge in [-0.3, -0.25) is 9.78 Å². The number of hydrogen-bond donors (Lipinski definition) is 2. The Labute approximate surface area is 69.3 Å². The van der Waals surface area contributed by atoms with E-state index in [1.807, 2.05) is 0 Å². The Morgan fingerprint density at radius 1 is 1.17 bits per heavy atom. The van der Waals surface area contributed by atoms with Crippen LogP contribution in [0.1, 0.15) is 5.56 Å². The third kappa shape index (κ3) is 0.852. The smallest absolute Gasteiger partial charge is 0.188 e. The van der Waals surface area contributed by atoms with Gasteiger partial charge in [-0.05, 0) is 18.2 Å².